The molecule has 8 heteroatoms. The fraction of sp³-hybridized carbons (Fsp3) is 0.316. The zero-order chi connectivity index (χ0) is 19.4. The first-order valence-corrected chi connectivity index (χ1v) is 9.07. The summed E-state index contributed by atoms with van der Waals surface area (Å²) in [4.78, 5) is 25.1. The number of hydrogen-bond donors (Lipinski definition) is 2. The van der Waals surface area contributed by atoms with Crippen LogP contribution in [0.2, 0.25) is 5.02 Å². The number of aryl methyl sites for hydroxylation is 1. The summed E-state index contributed by atoms with van der Waals surface area (Å²) < 4.78 is 0. The summed E-state index contributed by atoms with van der Waals surface area (Å²) in [5.41, 5.74) is 2.31. The number of amides is 1. The molecule has 0 radical (unpaired) electrons. The molecule has 27 heavy (non-hydrogen) atoms. The number of hydrogen-bond acceptors (Lipinski definition) is 5. The van der Waals surface area contributed by atoms with Crippen molar-refractivity contribution >= 4 is 28.9 Å². The number of nitrogens with one attached hydrogen (secondary N) is 2. The highest BCUT2D eigenvalue weighted by atomic mass is 35.5. The van der Waals surface area contributed by atoms with E-state index in [9.17, 15) is 14.9 Å². The Bertz CT molecular complexity index is 859. The van der Waals surface area contributed by atoms with Gasteiger partial charge in [-0.05, 0) is 36.2 Å². The Morgan fingerprint density at radius 2 is 2.19 bits per heavy atom. The average molecular weight is 389 g/mol. The molecule has 1 aliphatic heterocycles. The Morgan fingerprint density at radius 3 is 2.89 bits per heavy atom. The van der Waals surface area contributed by atoms with Gasteiger partial charge in [-0.1, -0.05) is 23.7 Å². The summed E-state index contributed by atoms with van der Waals surface area (Å²) in [7, 11) is 0. The van der Waals surface area contributed by atoms with E-state index in [0.717, 1.165) is 25.2 Å². The van der Waals surface area contributed by atoms with Gasteiger partial charge in [-0.25, -0.2) is 0 Å². The van der Waals surface area contributed by atoms with Gasteiger partial charge in [0.05, 0.1) is 11.5 Å². The first-order valence-electron chi connectivity index (χ1n) is 8.69. The maximum atomic E-state index is 12.6. The lowest BCUT2D eigenvalue weighted by atomic mass is 10.0. The smallest absolute Gasteiger partial charge is 0.269 e. The van der Waals surface area contributed by atoms with Crippen molar-refractivity contribution in [3.63, 3.8) is 0 Å². The standard InChI is InChI=1S/C19H21ClN4O3/c1-13-9-16(24(26)27)5-6-17(13)22-19(25)12-23-8-7-21-11-18(23)14-3-2-4-15(20)10-14/h2-6,9-10,18,21H,7-8,11-12H2,1H3,(H,22,25). The van der Waals surface area contributed by atoms with Crippen LogP contribution in [0.3, 0.4) is 0 Å². The van der Waals surface area contributed by atoms with Crippen LogP contribution >= 0.6 is 11.6 Å². The predicted octanol–water partition coefficient (Wildman–Crippen LogP) is 3.14. The molecule has 1 unspecified atom stereocenters. The van der Waals surface area contributed by atoms with Gasteiger partial charge in [0, 0.05) is 48.5 Å². The molecular weight excluding hydrogens is 368 g/mol. The quantitative estimate of drug-likeness (QED) is 0.607. The number of nitro benzene ring substituents is 1. The summed E-state index contributed by atoms with van der Waals surface area (Å²) >= 11 is 6.11. The van der Waals surface area contributed by atoms with Crippen LogP contribution < -0.4 is 10.6 Å². The minimum absolute atomic E-state index is 0.00799. The highest BCUT2D eigenvalue weighted by Crippen LogP contribution is 2.25. The lowest BCUT2D eigenvalue weighted by Gasteiger charge is -2.36. The Balaban J connectivity index is 1.69. The van der Waals surface area contributed by atoms with Crippen LogP contribution in [0.5, 0.6) is 0 Å². The van der Waals surface area contributed by atoms with Crippen molar-refractivity contribution in [2.75, 3.05) is 31.5 Å². The van der Waals surface area contributed by atoms with Crippen LogP contribution in [0.1, 0.15) is 17.2 Å². The number of halogens is 1. The molecule has 142 valence electrons. The van der Waals surface area contributed by atoms with Gasteiger partial charge < -0.3 is 10.6 Å². The summed E-state index contributed by atoms with van der Waals surface area (Å²) in [5, 5.41) is 17.7. The molecule has 0 saturated carbocycles. The van der Waals surface area contributed by atoms with Gasteiger partial charge in [0.15, 0.2) is 0 Å². The van der Waals surface area contributed by atoms with Crippen molar-refractivity contribution in [2.45, 2.75) is 13.0 Å². The van der Waals surface area contributed by atoms with Gasteiger partial charge in [0.1, 0.15) is 0 Å². The van der Waals surface area contributed by atoms with Gasteiger partial charge >= 0.3 is 0 Å². The topological polar surface area (TPSA) is 87.5 Å². The fourth-order valence-electron chi connectivity index (χ4n) is 3.25. The third kappa shape index (κ3) is 4.82. The molecule has 3 rings (SSSR count). The lowest BCUT2D eigenvalue weighted by Crippen LogP contribution is -2.48. The number of carbonyl (C=O) groups is 1. The molecule has 0 spiro atoms. The Hall–Kier alpha value is -2.48. The molecule has 1 aliphatic rings. The SMILES string of the molecule is Cc1cc([N+](=O)[O-])ccc1NC(=O)CN1CCNCC1c1cccc(Cl)c1. The summed E-state index contributed by atoms with van der Waals surface area (Å²) in [6.45, 7) is 4.26. The van der Waals surface area contributed by atoms with Crippen LogP contribution in [0.4, 0.5) is 11.4 Å². The maximum absolute atomic E-state index is 12.6. The molecule has 1 saturated heterocycles. The molecule has 1 atom stereocenters. The van der Waals surface area contributed by atoms with Crippen molar-refractivity contribution in [2.24, 2.45) is 0 Å². The Kier molecular flexibility index (Phi) is 6.05. The van der Waals surface area contributed by atoms with Gasteiger partial charge in [0.25, 0.3) is 5.69 Å². The van der Waals surface area contributed by atoms with E-state index < -0.39 is 4.92 Å². The maximum Gasteiger partial charge on any atom is 0.269 e. The van der Waals surface area contributed by atoms with E-state index in [4.69, 9.17) is 11.6 Å². The number of non-ortho nitro benzene ring substituents is 1. The zero-order valence-corrected chi connectivity index (χ0v) is 15.7. The van der Waals surface area contributed by atoms with Crippen LogP contribution in [0.25, 0.3) is 0 Å². The molecule has 1 fully saturated rings. The van der Waals surface area contributed by atoms with E-state index in [0.29, 0.717) is 16.3 Å². The number of carbonyl (C=O) groups excluding carboxylic acids is 1. The molecule has 2 N–H and O–H groups in total. The van der Waals surface area contributed by atoms with Crippen molar-refractivity contribution in [1.82, 2.24) is 10.2 Å². The third-order valence-corrected chi connectivity index (χ3v) is 4.86. The van der Waals surface area contributed by atoms with Gasteiger partial charge in [-0.3, -0.25) is 19.8 Å². The predicted molar refractivity (Wildman–Crippen MR) is 105 cm³/mol. The van der Waals surface area contributed by atoms with E-state index in [-0.39, 0.29) is 24.2 Å². The summed E-state index contributed by atoms with van der Waals surface area (Å²) in [5.74, 6) is -0.152. The Labute approximate surface area is 162 Å². The largest absolute Gasteiger partial charge is 0.325 e. The summed E-state index contributed by atoms with van der Waals surface area (Å²) in [6, 6.07) is 12.1. The average Bonchev–Trinajstić information content (AvgIpc) is 2.63. The summed E-state index contributed by atoms with van der Waals surface area (Å²) in [6.07, 6.45) is 0. The number of piperazine rings is 1. The monoisotopic (exact) mass is 388 g/mol. The molecule has 0 bridgehead atoms. The van der Waals surface area contributed by atoms with E-state index in [1.165, 1.54) is 12.1 Å². The molecule has 7 nitrogen and oxygen atoms in total. The minimum atomic E-state index is -0.449. The lowest BCUT2D eigenvalue weighted by molar-refractivity contribution is -0.384. The van der Waals surface area contributed by atoms with E-state index in [1.807, 2.05) is 24.3 Å². The number of nitrogens with zero attached hydrogens (tertiary/aromatic N) is 2. The highest BCUT2D eigenvalue weighted by Gasteiger charge is 2.26. The second-order valence-corrected chi connectivity index (χ2v) is 6.99. The third-order valence-electron chi connectivity index (χ3n) is 4.63. The molecule has 2 aromatic carbocycles. The van der Waals surface area contributed by atoms with E-state index >= 15 is 0 Å². The first-order chi connectivity index (χ1) is 12.9. The van der Waals surface area contributed by atoms with Crippen molar-refractivity contribution < 1.29 is 9.72 Å². The number of benzene rings is 2. The fourth-order valence-corrected chi connectivity index (χ4v) is 3.45. The van der Waals surface area contributed by atoms with Crippen molar-refractivity contribution in [1.29, 1.82) is 0 Å². The van der Waals surface area contributed by atoms with Crippen LogP contribution in [-0.4, -0.2) is 41.9 Å². The van der Waals surface area contributed by atoms with Crippen LogP contribution in [0.15, 0.2) is 42.5 Å². The van der Waals surface area contributed by atoms with Crippen molar-refractivity contribution in [3.8, 4) is 0 Å². The van der Waals surface area contributed by atoms with Gasteiger partial charge in [-0.15, -0.1) is 0 Å². The minimum Gasteiger partial charge on any atom is -0.325 e. The normalized spacial score (nSPS) is 17.5. The second-order valence-electron chi connectivity index (χ2n) is 6.55. The molecule has 0 aliphatic carbocycles. The van der Waals surface area contributed by atoms with Crippen molar-refractivity contribution in [3.05, 3.63) is 68.7 Å². The molecular formula is C19H21ClN4O3. The van der Waals surface area contributed by atoms with Gasteiger partial charge in [0.2, 0.25) is 5.91 Å². The highest BCUT2D eigenvalue weighted by molar-refractivity contribution is 6.30. The number of rotatable bonds is 5. The van der Waals surface area contributed by atoms with E-state index in [1.54, 1.807) is 13.0 Å². The van der Waals surface area contributed by atoms with Gasteiger partial charge in [-0.2, -0.15) is 0 Å². The molecule has 2 aromatic rings. The zero-order valence-electron chi connectivity index (χ0n) is 14.9. The molecule has 1 amide bonds. The van der Waals surface area contributed by atoms with E-state index in [2.05, 4.69) is 15.5 Å². The Morgan fingerprint density at radius 1 is 1.37 bits per heavy atom. The first kappa shape index (κ1) is 19.3. The molecule has 1 heterocycles. The van der Waals surface area contributed by atoms with Crippen LogP contribution in [-0.2, 0) is 4.79 Å². The number of anilines is 1. The van der Waals surface area contributed by atoms with Crippen LogP contribution in [0, 0.1) is 17.0 Å². The second kappa shape index (κ2) is 8.47. The molecule has 0 aromatic heterocycles. The number of nitro groups is 1.